The third kappa shape index (κ3) is 4.45. The number of para-hydroxylation sites is 2. The Morgan fingerprint density at radius 2 is 1.00 bits per heavy atom. The van der Waals surface area contributed by atoms with E-state index in [1.807, 2.05) is 38.1 Å². The Hall–Kier alpha value is -4.15. The van der Waals surface area contributed by atoms with E-state index in [1.165, 1.54) is 24.3 Å². The lowest BCUT2D eigenvalue weighted by Crippen LogP contribution is -2.15. The monoisotopic (exact) mass is 532 g/mol. The maximum absolute atomic E-state index is 13.1. The molecule has 1 aliphatic carbocycles. The predicted molar refractivity (Wildman–Crippen MR) is 146 cm³/mol. The Bertz CT molecular complexity index is 1670. The lowest BCUT2D eigenvalue weighted by Gasteiger charge is -2.11. The maximum atomic E-state index is 13.1. The van der Waals surface area contributed by atoms with Crippen molar-refractivity contribution in [1.82, 2.24) is 0 Å². The van der Waals surface area contributed by atoms with Crippen molar-refractivity contribution < 1.29 is 16.8 Å². The summed E-state index contributed by atoms with van der Waals surface area (Å²) in [6, 6.07) is 23.5. The number of anilines is 2. The molecule has 0 saturated carbocycles. The minimum absolute atomic E-state index is 0.0394. The molecule has 0 saturated heterocycles. The van der Waals surface area contributed by atoms with Crippen LogP contribution in [0.15, 0.2) is 99.8 Å². The molecule has 0 spiro atoms. The highest BCUT2D eigenvalue weighted by molar-refractivity contribution is 7.93. The van der Waals surface area contributed by atoms with Crippen LogP contribution < -0.4 is 15.3 Å². The van der Waals surface area contributed by atoms with Gasteiger partial charge in [-0.3, -0.25) is 9.44 Å². The van der Waals surface area contributed by atoms with Gasteiger partial charge in [0.1, 0.15) is 0 Å². The highest BCUT2D eigenvalue weighted by Gasteiger charge is 2.29. The summed E-state index contributed by atoms with van der Waals surface area (Å²) in [6.45, 7) is 3.63. The molecule has 5 rings (SSSR count). The molecule has 0 bridgehead atoms. The molecule has 10 heteroatoms. The number of fused-ring (bicyclic) bond motifs is 3. The van der Waals surface area contributed by atoms with Gasteiger partial charge in [-0.15, -0.1) is 0 Å². The smallest absolute Gasteiger partial charge is 0.261 e. The standard InChI is InChI=1S/C27H24N4O4S2/c1-17-7-3-5-9-25(17)30-36(32,33)19-11-13-21-22-14-12-20(16-24(22)27(29-28)23(21)15-19)37(34,35)31-26-10-6-4-8-18(26)2/h3-16,30-31H,28H2,1-2H3. The highest BCUT2D eigenvalue weighted by Crippen LogP contribution is 2.39. The topological polar surface area (TPSA) is 131 Å². The first-order valence-corrected chi connectivity index (χ1v) is 14.3. The Balaban J connectivity index is 1.51. The van der Waals surface area contributed by atoms with Gasteiger partial charge >= 0.3 is 0 Å². The highest BCUT2D eigenvalue weighted by atomic mass is 32.2. The summed E-state index contributed by atoms with van der Waals surface area (Å²) in [5, 5.41) is 3.90. The van der Waals surface area contributed by atoms with E-state index < -0.39 is 20.0 Å². The van der Waals surface area contributed by atoms with Gasteiger partial charge in [0.25, 0.3) is 20.0 Å². The number of hydrogen-bond acceptors (Lipinski definition) is 6. The second-order valence-corrected chi connectivity index (χ2v) is 12.1. The SMILES string of the molecule is Cc1ccccc1NS(=O)(=O)c1ccc2c(c1)C(=NN)c1cc(S(=O)(=O)Nc3ccccc3C)ccc1-2. The molecule has 0 heterocycles. The van der Waals surface area contributed by atoms with Crippen molar-refractivity contribution in [3.63, 3.8) is 0 Å². The van der Waals surface area contributed by atoms with Gasteiger partial charge in [0, 0.05) is 11.1 Å². The van der Waals surface area contributed by atoms with Crippen LogP contribution in [-0.4, -0.2) is 22.5 Å². The van der Waals surface area contributed by atoms with E-state index in [4.69, 9.17) is 5.84 Å². The molecular formula is C27H24N4O4S2. The van der Waals surface area contributed by atoms with E-state index in [0.29, 0.717) is 39.3 Å². The van der Waals surface area contributed by atoms with Gasteiger partial charge in [0.15, 0.2) is 0 Å². The van der Waals surface area contributed by atoms with Crippen molar-refractivity contribution >= 4 is 37.1 Å². The fraction of sp³-hybridized carbons (Fsp3) is 0.0741. The lowest BCUT2D eigenvalue weighted by molar-refractivity contribution is 0.599. The van der Waals surface area contributed by atoms with Crippen LogP contribution in [0.25, 0.3) is 11.1 Å². The molecule has 8 nitrogen and oxygen atoms in total. The summed E-state index contributed by atoms with van der Waals surface area (Å²) in [7, 11) is -7.80. The minimum Gasteiger partial charge on any atom is -0.323 e. The number of hydrazone groups is 1. The van der Waals surface area contributed by atoms with Crippen LogP contribution in [0.3, 0.4) is 0 Å². The van der Waals surface area contributed by atoms with Crippen LogP contribution in [-0.2, 0) is 20.0 Å². The Kier molecular flexibility index (Phi) is 6.01. The first kappa shape index (κ1) is 24.5. The molecule has 0 fully saturated rings. The number of sulfonamides is 2. The number of nitrogens with one attached hydrogen (secondary N) is 2. The quantitative estimate of drug-likeness (QED) is 0.217. The van der Waals surface area contributed by atoms with Gasteiger partial charge in [-0.25, -0.2) is 16.8 Å². The first-order chi connectivity index (χ1) is 17.6. The summed E-state index contributed by atoms with van der Waals surface area (Å²) in [6.07, 6.45) is 0. The zero-order valence-electron chi connectivity index (χ0n) is 20.1. The maximum Gasteiger partial charge on any atom is 0.261 e. The molecule has 37 heavy (non-hydrogen) atoms. The molecule has 4 aromatic carbocycles. The van der Waals surface area contributed by atoms with Gasteiger partial charge in [-0.2, -0.15) is 5.10 Å². The molecule has 0 atom stereocenters. The van der Waals surface area contributed by atoms with Crippen molar-refractivity contribution in [2.75, 3.05) is 9.44 Å². The van der Waals surface area contributed by atoms with Crippen LogP contribution >= 0.6 is 0 Å². The molecule has 0 aromatic heterocycles. The number of benzene rings is 4. The largest absolute Gasteiger partial charge is 0.323 e. The van der Waals surface area contributed by atoms with Gasteiger partial charge in [0.05, 0.1) is 26.9 Å². The zero-order valence-corrected chi connectivity index (χ0v) is 21.7. The molecule has 4 aromatic rings. The van der Waals surface area contributed by atoms with Crippen molar-refractivity contribution in [3.05, 3.63) is 107 Å². The van der Waals surface area contributed by atoms with Gasteiger partial charge in [0.2, 0.25) is 0 Å². The predicted octanol–water partition coefficient (Wildman–Crippen LogP) is 4.60. The summed E-state index contributed by atoms with van der Waals surface area (Å²) < 4.78 is 57.8. The van der Waals surface area contributed by atoms with Gasteiger partial charge < -0.3 is 5.84 Å². The van der Waals surface area contributed by atoms with Crippen LogP contribution in [0, 0.1) is 13.8 Å². The number of hydrogen-bond donors (Lipinski definition) is 3. The van der Waals surface area contributed by atoms with Crippen LogP contribution in [0.2, 0.25) is 0 Å². The molecule has 188 valence electrons. The molecular weight excluding hydrogens is 508 g/mol. The van der Waals surface area contributed by atoms with E-state index in [9.17, 15) is 16.8 Å². The summed E-state index contributed by atoms with van der Waals surface area (Å²) in [5.41, 5.74) is 5.29. The lowest BCUT2D eigenvalue weighted by atomic mass is 10.1. The van der Waals surface area contributed by atoms with Crippen molar-refractivity contribution in [2.45, 2.75) is 23.6 Å². The van der Waals surface area contributed by atoms with E-state index >= 15 is 0 Å². The molecule has 4 N–H and O–H groups in total. The number of nitrogens with two attached hydrogens (primary N) is 1. The number of aryl methyl sites for hydroxylation is 2. The van der Waals surface area contributed by atoms with E-state index in [2.05, 4.69) is 14.5 Å². The molecule has 0 amide bonds. The van der Waals surface area contributed by atoms with Crippen molar-refractivity contribution in [2.24, 2.45) is 10.9 Å². The Labute approximate surface area is 216 Å². The Morgan fingerprint density at radius 3 is 1.38 bits per heavy atom. The summed E-state index contributed by atoms with van der Waals surface area (Å²) in [5.74, 6) is 5.73. The molecule has 0 radical (unpaired) electrons. The van der Waals surface area contributed by atoms with E-state index in [-0.39, 0.29) is 9.79 Å². The molecule has 0 unspecified atom stereocenters. The zero-order chi connectivity index (χ0) is 26.4. The Morgan fingerprint density at radius 1 is 0.595 bits per heavy atom. The fourth-order valence-corrected chi connectivity index (χ4v) is 6.62. The van der Waals surface area contributed by atoms with Gasteiger partial charge in [-0.05, 0) is 72.5 Å². The second-order valence-electron chi connectivity index (χ2n) is 8.73. The first-order valence-electron chi connectivity index (χ1n) is 11.3. The van der Waals surface area contributed by atoms with Crippen molar-refractivity contribution in [3.8, 4) is 11.1 Å². The second kappa shape index (κ2) is 9.06. The fourth-order valence-electron chi connectivity index (χ4n) is 4.31. The molecule has 1 aliphatic rings. The van der Waals surface area contributed by atoms with Crippen LogP contribution in [0.1, 0.15) is 22.3 Å². The number of rotatable bonds is 6. The molecule has 0 aliphatic heterocycles. The summed E-state index contributed by atoms with van der Waals surface area (Å²) in [4.78, 5) is 0.0787. The normalized spacial score (nSPS) is 12.5. The average molecular weight is 533 g/mol. The third-order valence-corrected chi connectivity index (χ3v) is 9.04. The van der Waals surface area contributed by atoms with E-state index in [1.54, 1.807) is 36.4 Å². The average Bonchev–Trinajstić information content (AvgIpc) is 3.19. The number of nitrogens with zero attached hydrogens (tertiary/aromatic N) is 1. The van der Waals surface area contributed by atoms with Crippen molar-refractivity contribution in [1.29, 1.82) is 0 Å². The van der Waals surface area contributed by atoms with Crippen LogP contribution in [0.4, 0.5) is 11.4 Å². The summed E-state index contributed by atoms with van der Waals surface area (Å²) >= 11 is 0. The third-order valence-electron chi connectivity index (χ3n) is 6.31. The minimum atomic E-state index is -3.90. The van der Waals surface area contributed by atoms with Gasteiger partial charge in [-0.1, -0.05) is 48.5 Å². The van der Waals surface area contributed by atoms with Crippen LogP contribution in [0.5, 0.6) is 0 Å². The van der Waals surface area contributed by atoms with E-state index in [0.717, 1.165) is 11.1 Å².